The Morgan fingerprint density at radius 2 is 2.18 bits per heavy atom. The molecule has 0 saturated heterocycles. The average molecular weight is 321 g/mol. The first kappa shape index (κ1) is 12.1. The van der Waals surface area contributed by atoms with E-state index in [2.05, 4.69) is 30.3 Å². The Labute approximate surface area is 105 Å². The van der Waals surface area contributed by atoms with Gasteiger partial charge in [-0.2, -0.15) is 0 Å². The van der Waals surface area contributed by atoms with Crippen LogP contribution >= 0.6 is 15.9 Å². The number of nitrogens with zero attached hydrogens (tertiary/aromatic N) is 1. The van der Waals surface area contributed by atoms with Crippen LogP contribution in [0.5, 0.6) is 0 Å². The van der Waals surface area contributed by atoms with Crippen molar-refractivity contribution in [2.24, 2.45) is 0 Å². The first-order chi connectivity index (χ1) is 7.99. The second kappa shape index (κ2) is 4.46. The minimum absolute atomic E-state index is 0.174. The molecule has 0 aliphatic rings. The highest BCUT2D eigenvalue weighted by molar-refractivity contribution is 9.10. The van der Waals surface area contributed by atoms with Crippen molar-refractivity contribution in [2.75, 3.05) is 4.72 Å². The molecule has 1 aromatic heterocycles. The summed E-state index contributed by atoms with van der Waals surface area (Å²) in [6.45, 7) is 0. The highest BCUT2D eigenvalue weighted by atomic mass is 79.9. The molecule has 0 bridgehead atoms. The summed E-state index contributed by atoms with van der Waals surface area (Å²) in [6.07, 6.45) is 2.33. The van der Waals surface area contributed by atoms with Crippen LogP contribution in [0.25, 0.3) is 0 Å². The van der Waals surface area contributed by atoms with Crippen LogP contribution in [-0.4, -0.2) is 13.6 Å². The maximum Gasteiger partial charge on any atom is 0.262 e. The Morgan fingerprint density at radius 3 is 2.76 bits per heavy atom. The Hall–Kier alpha value is -1.41. The van der Waals surface area contributed by atoms with Gasteiger partial charge in [-0.1, -0.05) is 5.16 Å². The summed E-state index contributed by atoms with van der Waals surface area (Å²) in [7, 11) is -3.83. The second-order valence-corrected chi connectivity index (χ2v) is 5.63. The second-order valence-electron chi connectivity index (χ2n) is 3.09. The fourth-order valence-electron chi connectivity index (χ4n) is 1.11. The maximum atomic E-state index is 13.2. The number of rotatable bonds is 3. The van der Waals surface area contributed by atoms with Crippen LogP contribution in [0.4, 0.5) is 10.1 Å². The van der Waals surface area contributed by atoms with Crippen molar-refractivity contribution in [3.8, 4) is 0 Å². The van der Waals surface area contributed by atoms with Gasteiger partial charge in [0.05, 0.1) is 15.6 Å². The highest BCUT2D eigenvalue weighted by Crippen LogP contribution is 2.21. The van der Waals surface area contributed by atoms with Crippen molar-refractivity contribution in [1.29, 1.82) is 0 Å². The molecule has 1 N–H and O–H groups in total. The lowest BCUT2D eigenvalue weighted by Crippen LogP contribution is -2.12. The van der Waals surface area contributed by atoms with Crippen LogP contribution in [-0.2, 0) is 10.0 Å². The van der Waals surface area contributed by atoms with Gasteiger partial charge in [0.25, 0.3) is 10.0 Å². The van der Waals surface area contributed by atoms with Crippen molar-refractivity contribution < 1.29 is 17.3 Å². The van der Waals surface area contributed by atoms with Gasteiger partial charge in [-0.3, -0.25) is 4.72 Å². The highest BCUT2D eigenvalue weighted by Gasteiger charge is 2.16. The van der Waals surface area contributed by atoms with Crippen molar-refractivity contribution in [3.63, 3.8) is 0 Å². The number of hydrogen-bond acceptors (Lipinski definition) is 4. The van der Waals surface area contributed by atoms with E-state index in [9.17, 15) is 12.8 Å². The van der Waals surface area contributed by atoms with Gasteiger partial charge in [-0.15, -0.1) is 0 Å². The molecule has 0 saturated carbocycles. The molecule has 5 nitrogen and oxygen atoms in total. The fourth-order valence-corrected chi connectivity index (χ4v) is 2.39. The maximum absolute atomic E-state index is 13.2. The number of aromatic nitrogens is 1. The molecule has 0 amide bonds. The molecular formula is C9H6BrFN2O3S. The van der Waals surface area contributed by atoms with E-state index in [-0.39, 0.29) is 15.1 Å². The van der Waals surface area contributed by atoms with Gasteiger partial charge in [0, 0.05) is 0 Å². The smallest absolute Gasteiger partial charge is 0.262 e. The van der Waals surface area contributed by atoms with E-state index in [1.54, 1.807) is 0 Å². The fraction of sp³-hybridized carbons (Fsp3) is 0. The zero-order valence-corrected chi connectivity index (χ0v) is 10.6. The number of nitrogens with one attached hydrogen (secondary N) is 1. The standard InChI is InChI=1S/C9H6BrFN2O3S/c10-8-2-1-7(3-9(8)11)17(14,15)13-6-4-12-16-5-6/h1-5,13H. The molecule has 2 rings (SSSR count). The van der Waals surface area contributed by atoms with Crippen LogP contribution in [0.2, 0.25) is 0 Å². The largest absolute Gasteiger partial charge is 0.362 e. The monoisotopic (exact) mass is 320 g/mol. The van der Waals surface area contributed by atoms with Crippen LogP contribution in [0.1, 0.15) is 0 Å². The number of sulfonamides is 1. The van der Waals surface area contributed by atoms with E-state index in [4.69, 9.17) is 0 Å². The van der Waals surface area contributed by atoms with Crippen LogP contribution < -0.4 is 4.72 Å². The average Bonchev–Trinajstić information content (AvgIpc) is 2.73. The molecule has 8 heteroatoms. The predicted octanol–water partition coefficient (Wildman–Crippen LogP) is 2.38. The molecular weight excluding hydrogens is 315 g/mol. The summed E-state index contributed by atoms with van der Waals surface area (Å²) in [6, 6.07) is 3.51. The third kappa shape index (κ3) is 2.64. The third-order valence-electron chi connectivity index (χ3n) is 1.89. The zero-order valence-electron chi connectivity index (χ0n) is 8.22. The quantitative estimate of drug-likeness (QED) is 0.942. The van der Waals surface area contributed by atoms with Crippen molar-refractivity contribution in [3.05, 3.63) is 40.9 Å². The van der Waals surface area contributed by atoms with Gasteiger partial charge in [-0.25, -0.2) is 12.8 Å². The summed E-state index contributed by atoms with van der Waals surface area (Å²) >= 11 is 2.94. The number of hydrogen-bond donors (Lipinski definition) is 1. The molecule has 2 aromatic rings. The lowest BCUT2D eigenvalue weighted by molar-refractivity contribution is 0.420. The van der Waals surface area contributed by atoms with Crippen LogP contribution in [0.15, 0.2) is 44.6 Å². The van der Waals surface area contributed by atoms with E-state index in [0.29, 0.717) is 0 Å². The molecule has 1 heterocycles. The molecule has 0 unspecified atom stereocenters. The van der Waals surface area contributed by atoms with Gasteiger partial charge in [-0.05, 0) is 34.1 Å². The normalized spacial score (nSPS) is 11.4. The molecule has 90 valence electrons. The first-order valence-corrected chi connectivity index (χ1v) is 6.64. The van der Waals surface area contributed by atoms with Gasteiger partial charge in [0.1, 0.15) is 17.8 Å². The molecule has 17 heavy (non-hydrogen) atoms. The molecule has 0 spiro atoms. The lowest BCUT2D eigenvalue weighted by atomic mass is 10.3. The predicted molar refractivity (Wildman–Crippen MR) is 61.4 cm³/mol. The topological polar surface area (TPSA) is 72.2 Å². The number of anilines is 1. The Balaban J connectivity index is 2.35. The van der Waals surface area contributed by atoms with Crippen molar-refractivity contribution in [1.82, 2.24) is 5.16 Å². The number of halogens is 2. The Morgan fingerprint density at radius 1 is 1.41 bits per heavy atom. The van der Waals surface area contributed by atoms with E-state index in [1.807, 2.05) is 0 Å². The van der Waals surface area contributed by atoms with Crippen molar-refractivity contribution in [2.45, 2.75) is 4.90 Å². The van der Waals surface area contributed by atoms with E-state index < -0.39 is 15.8 Å². The van der Waals surface area contributed by atoms with E-state index in [0.717, 1.165) is 12.3 Å². The van der Waals surface area contributed by atoms with E-state index >= 15 is 0 Å². The summed E-state index contributed by atoms with van der Waals surface area (Å²) in [4.78, 5) is -0.181. The number of benzene rings is 1. The Bertz CT molecular complexity index is 628. The molecule has 0 aliphatic carbocycles. The van der Waals surface area contributed by atoms with Crippen LogP contribution in [0, 0.1) is 5.82 Å². The van der Waals surface area contributed by atoms with Gasteiger partial charge >= 0.3 is 0 Å². The summed E-state index contributed by atoms with van der Waals surface area (Å²) in [5.74, 6) is -0.654. The summed E-state index contributed by atoms with van der Waals surface area (Å²) in [5.41, 5.74) is 0.174. The minimum Gasteiger partial charge on any atom is -0.362 e. The van der Waals surface area contributed by atoms with Gasteiger partial charge in [0.15, 0.2) is 0 Å². The van der Waals surface area contributed by atoms with Crippen molar-refractivity contribution >= 4 is 31.6 Å². The Kier molecular flexibility index (Phi) is 3.16. The molecule has 0 aliphatic heterocycles. The van der Waals surface area contributed by atoms with Gasteiger partial charge in [0.2, 0.25) is 0 Å². The molecule has 0 atom stereocenters. The molecule has 1 aromatic carbocycles. The zero-order chi connectivity index (χ0) is 12.5. The lowest BCUT2D eigenvalue weighted by Gasteiger charge is -2.05. The summed E-state index contributed by atoms with van der Waals surface area (Å²) < 4.78 is 43.7. The third-order valence-corrected chi connectivity index (χ3v) is 3.91. The SMILES string of the molecule is O=S(=O)(Nc1cnoc1)c1ccc(Br)c(F)c1. The summed E-state index contributed by atoms with van der Waals surface area (Å²) in [5, 5.41) is 3.35. The molecule has 0 radical (unpaired) electrons. The van der Waals surface area contributed by atoms with Gasteiger partial charge < -0.3 is 4.52 Å². The minimum atomic E-state index is -3.83. The van der Waals surface area contributed by atoms with E-state index in [1.165, 1.54) is 18.3 Å². The first-order valence-electron chi connectivity index (χ1n) is 4.36. The van der Waals surface area contributed by atoms with Crippen LogP contribution in [0.3, 0.4) is 0 Å². The molecule has 0 fully saturated rings.